The third kappa shape index (κ3) is 7.38. The van der Waals surface area contributed by atoms with Gasteiger partial charge in [-0.2, -0.15) is 18.2 Å². The van der Waals surface area contributed by atoms with Crippen LogP contribution in [-0.2, 0) is 37.3 Å². The van der Waals surface area contributed by atoms with Crippen LogP contribution in [0.4, 0.5) is 0 Å². The molecule has 3 heterocycles. The average Bonchev–Trinajstić information content (AvgIpc) is 0.939. The van der Waals surface area contributed by atoms with E-state index in [9.17, 15) is 20.6 Å². The molecule has 0 aliphatic heterocycles. The van der Waals surface area contributed by atoms with Crippen LogP contribution in [-0.4, -0.2) is 14.1 Å². The van der Waals surface area contributed by atoms with Crippen molar-refractivity contribution in [2.24, 2.45) is 0 Å². The molecule has 330 valence electrons. The van der Waals surface area contributed by atoms with Crippen molar-refractivity contribution in [3.63, 3.8) is 0 Å². The second kappa shape index (κ2) is 16.4. The number of para-hydroxylation sites is 3. The van der Waals surface area contributed by atoms with Crippen LogP contribution in [0.1, 0.15) is 115 Å². The van der Waals surface area contributed by atoms with Crippen LogP contribution >= 0.6 is 0 Å². The molecule has 0 spiro atoms. The number of nitrogens with zero attached hydrogens (tertiary/aromatic N) is 4. The summed E-state index contributed by atoms with van der Waals surface area (Å²) >= 11 is 0. The van der Waals surface area contributed by atoms with E-state index < -0.39 is 157 Å². The quantitative estimate of drug-likeness (QED) is 0.118. The first-order valence-corrected chi connectivity index (χ1v) is 20.4. The number of fused-ring (bicyclic) bond motifs is 5. The molecule has 5 nitrogen and oxygen atoms in total. The van der Waals surface area contributed by atoms with E-state index in [0.29, 0.717) is 11.3 Å². The van der Waals surface area contributed by atoms with Gasteiger partial charge in [0.15, 0.2) is 0 Å². The van der Waals surface area contributed by atoms with E-state index in [-0.39, 0.29) is 54.7 Å². The van der Waals surface area contributed by atoms with E-state index >= 15 is 0 Å². The van der Waals surface area contributed by atoms with E-state index in [0.717, 1.165) is 26.4 Å². The Labute approximate surface area is 440 Å². The zero-order chi connectivity index (χ0) is 67.8. The first kappa shape index (κ1) is 22.3. The Kier molecular flexibility index (Phi) is 5.54. The Balaban J connectivity index is 0.00000946. The molecule has 1 aliphatic carbocycles. The monoisotopic (exact) mass is 1070 g/mol. The van der Waals surface area contributed by atoms with Crippen molar-refractivity contribution in [1.82, 2.24) is 14.1 Å². The molecule has 0 atom stereocenters. The van der Waals surface area contributed by atoms with Crippen molar-refractivity contribution in [3.05, 3.63) is 199 Å². The van der Waals surface area contributed by atoms with Crippen molar-refractivity contribution in [2.75, 3.05) is 0 Å². The second-order valence-electron chi connectivity index (χ2n) is 16.6. The van der Waals surface area contributed by atoms with Gasteiger partial charge in [-0.05, 0) is 97.2 Å². The molecule has 0 N–H and O–H groups in total. The van der Waals surface area contributed by atoms with Crippen LogP contribution in [0, 0.1) is 18.5 Å². The molecule has 3 aromatic heterocycles. The third-order valence-electron chi connectivity index (χ3n) is 11.3. The molecule has 0 amide bonds. The fourth-order valence-corrected chi connectivity index (χ4v) is 8.31. The summed E-state index contributed by atoms with van der Waals surface area (Å²) in [6.45, 7) is -12.0. The Morgan fingerprint density at radius 3 is 2.20 bits per heavy atom. The molecular weight excluding hydrogens is 988 g/mol. The molecule has 0 bridgehead atoms. The first-order chi connectivity index (χ1) is 42.5. The maximum Gasteiger partial charge on any atom is 0.268 e. The number of hydrogen-bond donors (Lipinski definition) is 0. The fraction of sp³-hybridized carbons (Fsp3) is 0.200. The van der Waals surface area contributed by atoms with E-state index in [1.165, 1.54) is 47.0 Å². The van der Waals surface area contributed by atoms with E-state index in [2.05, 4.69) is 39.2 Å². The molecule has 0 radical (unpaired) electrons. The van der Waals surface area contributed by atoms with E-state index in [1.54, 1.807) is 12.3 Å². The van der Waals surface area contributed by atoms with Crippen molar-refractivity contribution >= 4 is 32.8 Å². The summed E-state index contributed by atoms with van der Waals surface area (Å²) in [7, 11) is 0. The van der Waals surface area contributed by atoms with Crippen LogP contribution < -0.4 is 9.30 Å². The van der Waals surface area contributed by atoms with Crippen molar-refractivity contribution < 1.29 is 67.4 Å². The third-order valence-corrected chi connectivity index (χ3v) is 11.3. The van der Waals surface area contributed by atoms with Gasteiger partial charge in [-0.25, -0.2) is 4.98 Å². The molecule has 0 unspecified atom stereocenters. The molecule has 6 heteroatoms. The standard InChI is InChI=1S/C60H52N4O.Pt/c1-58(2,3)42-31-34-61-54(35-42)64-50-26-15-14-25-46(50)47-30-29-45(37-53(47)64)65-44-24-18-23-43(36-44)62-39-63(52-28-17-16-27-51(52)62)57-48(40-19-10-8-11-20-40)38-49-56(55(57)41-21-12-9-13-22-41)60(6,7)33-32-59(49,4)5;/h8-31,34-35,38H,32-33H2,1-7H3;/q-2;/i4D3,5D3,6D3,7D3,8D,9D,10D,11D,12D,13D,19D,20D,21D,22D,32D2,33D2,38D;. The summed E-state index contributed by atoms with van der Waals surface area (Å²) in [6, 6.07) is 17.9. The summed E-state index contributed by atoms with van der Waals surface area (Å²) in [5.41, 5.74) is -17.4. The van der Waals surface area contributed by atoms with Crippen LogP contribution in [0.3, 0.4) is 0 Å². The maximum atomic E-state index is 10.5. The molecule has 66 heavy (non-hydrogen) atoms. The molecule has 7 aromatic carbocycles. The Morgan fingerprint density at radius 2 is 1.44 bits per heavy atom. The maximum absolute atomic E-state index is 10.5. The Bertz CT molecular complexity index is 4680. The summed E-state index contributed by atoms with van der Waals surface area (Å²) in [6.07, 6.45) is -4.95. The van der Waals surface area contributed by atoms with Gasteiger partial charge < -0.3 is 13.9 Å². The van der Waals surface area contributed by atoms with Gasteiger partial charge in [0.2, 0.25) is 0 Å². The van der Waals surface area contributed by atoms with E-state index in [4.69, 9.17) is 26.2 Å². The largest absolute Gasteiger partial charge is 0.510 e. The predicted octanol–water partition coefficient (Wildman–Crippen LogP) is 14.6. The molecule has 0 saturated heterocycles. The SMILES string of the molecule is [2H]c1c([2H])c([2H])c(-c2c([2H])c3c(c(-c4c([2H])c([2H])c([2H])c([2H])c4[2H])c2-[n+]2[c-]n(-c4[c-]c(Oc5[c-]c6c(cc5)c5ccccc5n6-c5cc(C(C)(C)C)ccn5)ccc4)c4ccccc42)C(C([2H])([2H])[2H])(C([2H])([2H])[2H])C([2H])([2H])C([2H])([2H])C3(C([2H])([2H])[2H])C([2H])([2H])[2H])c([2H])c1[2H].[Pt]. The number of pyridine rings is 1. The predicted molar refractivity (Wildman–Crippen MR) is 265 cm³/mol. The molecule has 10 aromatic rings. The van der Waals surface area contributed by atoms with Gasteiger partial charge in [0.25, 0.3) is 6.33 Å². The van der Waals surface area contributed by atoms with Gasteiger partial charge in [-0.1, -0.05) is 163 Å². The average molecular weight is 1070 g/mol. The van der Waals surface area contributed by atoms with Crippen LogP contribution in [0.15, 0.2) is 164 Å². The first-order valence-electron chi connectivity index (χ1n) is 33.9. The number of ether oxygens (including phenoxy) is 1. The zero-order valence-electron chi connectivity index (χ0n) is 62.3. The minimum Gasteiger partial charge on any atom is -0.510 e. The van der Waals surface area contributed by atoms with Gasteiger partial charge in [0, 0.05) is 66.2 Å². The smallest absolute Gasteiger partial charge is 0.268 e. The number of hydrogen-bond acceptors (Lipinski definition) is 2. The van der Waals surface area contributed by atoms with Crippen LogP contribution in [0.25, 0.3) is 72.3 Å². The van der Waals surface area contributed by atoms with Crippen LogP contribution in [0.5, 0.6) is 11.5 Å². The molecular formula is C60H52N4OPt-2. The fourth-order valence-electron chi connectivity index (χ4n) is 8.31. The minimum atomic E-state index is -4.85. The van der Waals surface area contributed by atoms with Gasteiger partial charge in [-0.3, -0.25) is 4.57 Å². The summed E-state index contributed by atoms with van der Waals surface area (Å²) in [5, 5.41) is 1.70. The van der Waals surface area contributed by atoms with Crippen molar-refractivity contribution in [3.8, 4) is 50.9 Å². The molecule has 0 fully saturated rings. The second-order valence-corrected chi connectivity index (χ2v) is 16.6. The molecule has 1 aliphatic rings. The van der Waals surface area contributed by atoms with Crippen molar-refractivity contribution in [2.45, 2.75) is 77.2 Å². The normalized spacial score (nSPS) is 22.5. The summed E-state index contributed by atoms with van der Waals surface area (Å²) < 4.78 is 262. The Morgan fingerprint density at radius 1 is 0.742 bits per heavy atom. The van der Waals surface area contributed by atoms with Gasteiger partial charge in [-0.15, -0.1) is 29.7 Å². The number of rotatable bonds is 7. The van der Waals surface area contributed by atoms with Gasteiger partial charge in [0.05, 0.1) is 31.8 Å². The van der Waals surface area contributed by atoms with Crippen LogP contribution in [0.2, 0.25) is 0 Å². The van der Waals surface area contributed by atoms with Gasteiger partial charge in [0.1, 0.15) is 5.82 Å². The van der Waals surface area contributed by atoms with E-state index in [1.807, 2.05) is 47.0 Å². The number of aromatic nitrogens is 4. The van der Waals surface area contributed by atoms with Gasteiger partial charge >= 0.3 is 0 Å². The zero-order valence-corrected chi connectivity index (χ0v) is 37.5. The summed E-state index contributed by atoms with van der Waals surface area (Å²) in [4.78, 5) is 4.74. The summed E-state index contributed by atoms with van der Waals surface area (Å²) in [5.74, 6) is 0.810. The number of benzene rings is 7. The molecule has 0 saturated carbocycles. The topological polar surface area (TPSA) is 35.9 Å². The Hall–Kier alpha value is -6.55. The number of imidazole rings is 1. The molecule has 11 rings (SSSR count). The van der Waals surface area contributed by atoms with Crippen molar-refractivity contribution in [1.29, 1.82) is 0 Å². The minimum absolute atomic E-state index is 0.